The molecule has 0 radical (unpaired) electrons. The number of piperidine rings is 1. The zero-order valence-electron chi connectivity index (χ0n) is 13.4. The highest BCUT2D eigenvalue weighted by atomic mass is 16.7. The van der Waals surface area contributed by atoms with Crippen molar-refractivity contribution in [2.45, 2.75) is 20.3 Å². The zero-order chi connectivity index (χ0) is 16.4. The molecule has 0 saturated carbocycles. The third-order valence-electron chi connectivity index (χ3n) is 4.16. The van der Waals surface area contributed by atoms with E-state index in [1.807, 2.05) is 0 Å². The van der Waals surface area contributed by atoms with Gasteiger partial charge in [0.2, 0.25) is 6.79 Å². The Labute approximate surface area is 135 Å². The van der Waals surface area contributed by atoms with Gasteiger partial charge in [-0.3, -0.25) is 4.79 Å². The summed E-state index contributed by atoms with van der Waals surface area (Å²) in [7, 11) is 0. The first-order valence-electron chi connectivity index (χ1n) is 7.87. The normalized spacial score (nSPS) is 22.8. The number of esters is 1. The Bertz CT molecular complexity index is 605. The van der Waals surface area contributed by atoms with Crippen LogP contribution in [0, 0.1) is 11.8 Å². The number of amides is 1. The molecule has 1 aromatic carbocycles. The van der Waals surface area contributed by atoms with Crippen LogP contribution in [0.4, 0.5) is 0 Å². The maximum atomic E-state index is 12.2. The van der Waals surface area contributed by atoms with E-state index in [2.05, 4.69) is 13.8 Å². The maximum Gasteiger partial charge on any atom is 0.338 e. The van der Waals surface area contributed by atoms with E-state index in [9.17, 15) is 9.59 Å². The summed E-state index contributed by atoms with van der Waals surface area (Å²) in [6, 6.07) is 4.83. The summed E-state index contributed by atoms with van der Waals surface area (Å²) >= 11 is 0. The van der Waals surface area contributed by atoms with Crippen LogP contribution in [0.2, 0.25) is 0 Å². The third-order valence-corrected chi connectivity index (χ3v) is 4.16. The molecule has 23 heavy (non-hydrogen) atoms. The molecular formula is C17H21NO5. The molecule has 2 heterocycles. The van der Waals surface area contributed by atoms with Gasteiger partial charge in [0.1, 0.15) is 0 Å². The molecule has 2 atom stereocenters. The van der Waals surface area contributed by atoms with Gasteiger partial charge >= 0.3 is 5.97 Å². The molecule has 2 aliphatic heterocycles. The van der Waals surface area contributed by atoms with Crippen LogP contribution < -0.4 is 9.47 Å². The monoisotopic (exact) mass is 319 g/mol. The van der Waals surface area contributed by atoms with Crippen molar-refractivity contribution in [3.63, 3.8) is 0 Å². The molecule has 6 heteroatoms. The molecule has 1 amide bonds. The zero-order valence-corrected chi connectivity index (χ0v) is 13.4. The number of benzene rings is 1. The Morgan fingerprint density at radius 2 is 1.87 bits per heavy atom. The second-order valence-corrected chi connectivity index (χ2v) is 6.39. The number of rotatable bonds is 3. The molecule has 1 aromatic rings. The number of carbonyl (C=O) groups excluding carboxylic acids is 2. The highest BCUT2D eigenvalue weighted by Gasteiger charge is 2.26. The lowest BCUT2D eigenvalue weighted by atomic mass is 9.92. The minimum absolute atomic E-state index is 0.141. The van der Waals surface area contributed by atoms with Gasteiger partial charge in [0, 0.05) is 13.1 Å². The van der Waals surface area contributed by atoms with Crippen LogP contribution in [0.3, 0.4) is 0 Å². The number of nitrogens with zero attached hydrogens (tertiary/aromatic N) is 1. The maximum absolute atomic E-state index is 12.2. The topological polar surface area (TPSA) is 65.1 Å². The predicted molar refractivity (Wildman–Crippen MR) is 82.4 cm³/mol. The molecule has 0 aliphatic carbocycles. The molecule has 0 aromatic heterocycles. The van der Waals surface area contributed by atoms with Crippen LogP contribution in [0.1, 0.15) is 30.6 Å². The summed E-state index contributed by atoms with van der Waals surface area (Å²) in [4.78, 5) is 26.1. The van der Waals surface area contributed by atoms with Crippen molar-refractivity contribution >= 4 is 11.9 Å². The fourth-order valence-electron chi connectivity index (χ4n) is 3.19. The fourth-order valence-corrected chi connectivity index (χ4v) is 3.19. The summed E-state index contributed by atoms with van der Waals surface area (Å²) in [6.07, 6.45) is 1.13. The van der Waals surface area contributed by atoms with Gasteiger partial charge in [-0.05, 0) is 36.5 Å². The first kappa shape index (κ1) is 15.6. The number of fused-ring (bicyclic) bond motifs is 1. The van der Waals surface area contributed by atoms with Crippen LogP contribution in [0.25, 0.3) is 0 Å². The molecule has 0 bridgehead atoms. The van der Waals surface area contributed by atoms with Crippen LogP contribution >= 0.6 is 0 Å². The Morgan fingerprint density at radius 3 is 2.61 bits per heavy atom. The molecule has 3 rings (SSSR count). The van der Waals surface area contributed by atoms with Crippen molar-refractivity contribution in [2.24, 2.45) is 11.8 Å². The summed E-state index contributed by atoms with van der Waals surface area (Å²) in [5.74, 6) is 1.41. The highest BCUT2D eigenvalue weighted by Crippen LogP contribution is 2.32. The molecule has 1 fully saturated rings. The molecule has 1 saturated heterocycles. The number of likely N-dealkylation sites (tertiary alicyclic amines) is 1. The third kappa shape index (κ3) is 3.57. The largest absolute Gasteiger partial charge is 0.454 e. The SMILES string of the molecule is C[C@@H]1C[C@H](C)CN(C(=O)COC(=O)c2ccc3c(c2)OCO3)C1. The van der Waals surface area contributed by atoms with Crippen molar-refractivity contribution in [2.75, 3.05) is 26.5 Å². The minimum atomic E-state index is -0.533. The Hall–Kier alpha value is -2.24. The van der Waals surface area contributed by atoms with Gasteiger partial charge in [-0.1, -0.05) is 13.8 Å². The Kier molecular flexibility index (Phi) is 4.41. The molecule has 2 aliphatic rings. The second kappa shape index (κ2) is 6.48. The summed E-state index contributed by atoms with van der Waals surface area (Å²) in [5, 5.41) is 0. The quantitative estimate of drug-likeness (QED) is 0.798. The lowest BCUT2D eigenvalue weighted by Gasteiger charge is -2.34. The first-order valence-corrected chi connectivity index (χ1v) is 7.87. The average molecular weight is 319 g/mol. The molecule has 124 valence electrons. The molecule has 6 nitrogen and oxygen atoms in total. The lowest BCUT2D eigenvalue weighted by Crippen LogP contribution is -2.44. The molecular weight excluding hydrogens is 298 g/mol. The number of ether oxygens (including phenoxy) is 3. The van der Waals surface area contributed by atoms with E-state index in [4.69, 9.17) is 14.2 Å². The highest BCUT2D eigenvalue weighted by molar-refractivity contribution is 5.92. The van der Waals surface area contributed by atoms with E-state index in [0.29, 0.717) is 28.9 Å². The standard InChI is InChI=1S/C17H21NO5/c1-11-5-12(2)8-18(7-11)16(19)9-21-17(20)13-3-4-14-15(6-13)23-10-22-14/h3-4,6,11-12H,5,7-10H2,1-2H3/t11-,12+. The molecule has 0 unspecified atom stereocenters. The number of carbonyl (C=O) groups is 2. The van der Waals surface area contributed by atoms with Gasteiger partial charge in [0.05, 0.1) is 5.56 Å². The van der Waals surface area contributed by atoms with Crippen molar-refractivity contribution in [1.82, 2.24) is 4.90 Å². The Balaban J connectivity index is 1.55. The minimum Gasteiger partial charge on any atom is -0.454 e. The van der Waals surface area contributed by atoms with E-state index >= 15 is 0 Å². The van der Waals surface area contributed by atoms with Crippen LogP contribution in [-0.2, 0) is 9.53 Å². The van der Waals surface area contributed by atoms with Gasteiger partial charge in [-0.2, -0.15) is 0 Å². The number of hydrogen-bond donors (Lipinski definition) is 0. The second-order valence-electron chi connectivity index (χ2n) is 6.39. The van der Waals surface area contributed by atoms with E-state index < -0.39 is 5.97 Å². The first-order chi connectivity index (χ1) is 11.0. The predicted octanol–water partition coefficient (Wildman–Crippen LogP) is 2.08. The van der Waals surface area contributed by atoms with Gasteiger partial charge in [0.15, 0.2) is 18.1 Å². The van der Waals surface area contributed by atoms with Crippen molar-refractivity contribution in [3.8, 4) is 11.5 Å². The van der Waals surface area contributed by atoms with E-state index in [1.165, 1.54) is 0 Å². The fraction of sp³-hybridized carbons (Fsp3) is 0.529. The van der Waals surface area contributed by atoms with E-state index in [0.717, 1.165) is 19.5 Å². The van der Waals surface area contributed by atoms with Gasteiger partial charge < -0.3 is 19.1 Å². The van der Waals surface area contributed by atoms with Crippen molar-refractivity contribution < 1.29 is 23.8 Å². The van der Waals surface area contributed by atoms with Crippen LogP contribution in [-0.4, -0.2) is 43.3 Å². The van der Waals surface area contributed by atoms with Gasteiger partial charge in [0.25, 0.3) is 5.91 Å². The summed E-state index contributed by atoms with van der Waals surface area (Å²) < 4.78 is 15.6. The molecule has 0 N–H and O–H groups in total. The Morgan fingerprint density at radius 1 is 1.17 bits per heavy atom. The van der Waals surface area contributed by atoms with E-state index in [1.54, 1.807) is 23.1 Å². The number of hydrogen-bond acceptors (Lipinski definition) is 5. The lowest BCUT2D eigenvalue weighted by molar-refractivity contribution is -0.137. The molecule has 0 spiro atoms. The van der Waals surface area contributed by atoms with Crippen molar-refractivity contribution in [1.29, 1.82) is 0 Å². The van der Waals surface area contributed by atoms with Gasteiger partial charge in [-0.15, -0.1) is 0 Å². The van der Waals surface area contributed by atoms with Crippen LogP contribution in [0.15, 0.2) is 18.2 Å². The summed E-state index contributed by atoms with van der Waals surface area (Å²) in [5.41, 5.74) is 0.349. The van der Waals surface area contributed by atoms with Crippen molar-refractivity contribution in [3.05, 3.63) is 23.8 Å². The van der Waals surface area contributed by atoms with Crippen LogP contribution in [0.5, 0.6) is 11.5 Å². The smallest absolute Gasteiger partial charge is 0.338 e. The van der Waals surface area contributed by atoms with E-state index in [-0.39, 0.29) is 19.3 Å². The summed E-state index contributed by atoms with van der Waals surface area (Å²) in [6.45, 7) is 5.64. The van der Waals surface area contributed by atoms with Gasteiger partial charge in [-0.25, -0.2) is 4.79 Å². The average Bonchev–Trinajstić information content (AvgIpc) is 2.98.